The zero-order chi connectivity index (χ0) is 13.1. The van der Waals surface area contributed by atoms with Crippen molar-refractivity contribution in [1.82, 2.24) is 4.98 Å². The molecule has 0 aliphatic rings. The SMILES string of the molecule is CC(C)CN(C)c1c(CN)cnc2ccccc12. The average Bonchev–Trinajstić information content (AvgIpc) is 2.36. The summed E-state index contributed by atoms with van der Waals surface area (Å²) in [6, 6.07) is 8.23. The van der Waals surface area contributed by atoms with Gasteiger partial charge in [0, 0.05) is 37.3 Å². The molecule has 18 heavy (non-hydrogen) atoms. The van der Waals surface area contributed by atoms with E-state index in [1.54, 1.807) is 0 Å². The molecule has 0 unspecified atom stereocenters. The Balaban J connectivity index is 2.57. The smallest absolute Gasteiger partial charge is 0.0723 e. The van der Waals surface area contributed by atoms with Gasteiger partial charge in [0.15, 0.2) is 0 Å². The first-order chi connectivity index (χ1) is 8.63. The lowest BCUT2D eigenvalue weighted by Crippen LogP contribution is -2.24. The molecule has 2 rings (SSSR count). The number of fused-ring (bicyclic) bond motifs is 1. The third-order valence-electron chi connectivity index (χ3n) is 3.06. The second kappa shape index (κ2) is 5.36. The number of pyridine rings is 1. The lowest BCUT2D eigenvalue weighted by Gasteiger charge is -2.25. The fourth-order valence-corrected chi connectivity index (χ4v) is 2.41. The second-order valence-corrected chi connectivity index (χ2v) is 5.13. The Morgan fingerprint density at radius 1 is 1.28 bits per heavy atom. The molecule has 0 amide bonds. The van der Waals surface area contributed by atoms with Gasteiger partial charge in [0.05, 0.1) is 11.2 Å². The van der Waals surface area contributed by atoms with E-state index in [1.807, 2.05) is 18.3 Å². The number of hydrogen-bond donors (Lipinski definition) is 1. The molecule has 3 heteroatoms. The van der Waals surface area contributed by atoms with Gasteiger partial charge in [-0.1, -0.05) is 32.0 Å². The molecule has 0 saturated carbocycles. The maximum atomic E-state index is 5.84. The highest BCUT2D eigenvalue weighted by molar-refractivity contribution is 5.93. The van der Waals surface area contributed by atoms with Gasteiger partial charge in [-0.25, -0.2) is 0 Å². The van der Waals surface area contributed by atoms with Crippen molar-refractivity contribution in [2.24, 2.45) is 11.7 Å². The Bertz CT molecular complexity index is 534. The van der Waals surface area contributed by atoms with E-state index < -0.39 is 0 Å². The molecule has 1 aromatic carbocycles. The molecule has 0 saturated heterocycles. The van der Waals surface area contributed by atoms with Crippen molar-refractivity contribution >= 4 is 16.6 Å². The fraction of sp³-hybridized carbons (Fsp3) is 0.400. The summed E-state index contributed by atoms with van der Waals surface area (Å²) in [6.45, 7) is 5.99. The standard InChI is InChI=1S/C15H21N3/c1-11(2)10-18(3)15-12(8-16)9-17-14-7-5-4-6-13(14)15/h4-7,9,11H,8,10,16H2,1-3H3. The topological polar surface area (TPSA) is 42.1 Å². The van der Waals surface area contributed by atoms with Gasteiger partial charge in [-0.2, -0.15) is 0 Å². The Kier molecular flexibility index (Phi) is 3.82. The van der Waals surface area contributed by atoms with Crippen molar-refractivity contribution in [2.75, 3.05) is 18.5 Å². The number of nitrogens with two attached hydrogens (primary N) is 1. The molecule has 3 nitrogen and oxygen atoms in total. The minimum atomic E-state index is 0.523. The number of benzene rings is 1. The Labute approximate surface area is 109 Å². The molecule has 0 fully saturated rings. The third-order valence-corrected chi connectivity index (χ3v) is 3.06. The molecular formula is C15H21N3. The van der Waals surface area contributed by atoms with E-state index in [-0.39, 0.29) is 0 Å². The van der Waals surface area contributed by atoms with Crippen molar-refractivity contribution in [3.05, 3.63) is 36.0 Å². The Morgan fingerprint density at radius 2 is 2.00 bits per heavy atom. The molecule has 0 atom stereocenters. The van der Waals surface area contributed by atoms with E-state index in [0.29, 0.717) is 12.5 Å². The highest BCUT2D eigenvalue weighted by atomic mass is 15.1. The summed E-state index contributed by atoms with van der Waals surface area (Å²) in [6.07, 6.45) is 1.90. The summed E-state index contributed by atoms with van der Waals surface area (Å²) in [5.41, 5.74) is 9.20. The van der Waals surface area contributed by atoms with Crippen LogP contribution in [0.3, 0.4) is 0 Å². The largest absolute Gasteiger partial charge is 0.373 e. The third kappa shape index (κ3) is 2.46. The van der Waals surface area contributed by atoms with Crippen LogP contribution < -0.4 is 10.6 Å². The molecule has 2 N–H and O–H groups in total. The van der Waals surface area contributed by atoms with Crippen LogP contribution in [-0.2, 0) is 6.54 Å². The molecule has 0 bridgehead atoms. The van der Waals surface area contributed by atoms with Gasteiger partial charge in [0.1, 0.15) is 0 Å². The molecule has 0 radical (unpaired) electrons. The number of rotatable bonds is 4. The maximum absolute atomic E-state index is 5.84. The van der Waals surface area contributed by atoms with Gasteiger partial charge in [-0.3, -0.25) is 4.98 Å². The molecule has 0 aliphatic heterocycles. The van der Waals surface area contributed by atoms with Crippen LogP contribution in [0.5, 0.6) is 0 Å². The van der Waals surface area contributed by atoms with E-state index in [9.17, 15) is 0 Å². The van der Waals surface area contributed by atoms with Crippen molar-refractivity contribution in [3.8, 4) is 0 Å². The van der Waals surface area contributed by atoms with Crippen molar-refractivity contribution in [2.45, 2.75) is 20.4 Å². The van der Waals surface area contributed by atoms with Gasteiger partial charge >= 0.3 is 0 Å². The summed E-state index contributed by atoms with van der Waals surface area (Å²) in [4.78, 5) is 6.76. The van der Waals surface area contributed by atoms with Crippen LogP contribution in [0.1, 0.15) is 19.4 Å². The lowest BCUT2D eigenvalue weighted by atomic mass is 10.1. The fourth-order valence-electron chi connectivity index (χ4n) is 2.41. The van der Waals surface area contributed by atoms with Crippen LogP contribution in [0.4, 0.5) is 5.69 Å². The van der Waals surface area contributed by atoms with Crippen LogP contribution in [0.25, 0.3) is 10.9 Å². The van der Waals surface area contributed by atoms with E-state index in [1.165, 1.54) is 11.1 Å². The maximum Gasteiger partial charge on any atom is 0.0723 e. The molecule has 1 aromatic heterocycles. The first-order valence-corrected chi connectivity index (χ1v) is 6.41. The molecule has 96 valence electrons. The van der Waals surface area contributed by atoms with Crippen LogP contribution in [0.15, 0.2) is 30.5 Å². The van der Waals surface area contributed by atoms with Gasteiger partial charge in [-0.05, 0) is 12.0 Å². The molecule has 0 aliphatic carbocycles. The van der Waals surface area contributed by atoms with Crippen LogP contribution in [-0.4, -0.2) is 18.6 Å². The molecule has 1 heterocycles. The number of para-hydroxylation sites is 1. The summed E-state index contributed by atoms with van der Waals surface area (Å²) in [5, 5.41) is 1.18. The van der Waals surface area contributed by atoms with Crippen molar-refractivity contribution in [3.63, 3.8) is 0 Å². The van der Waals surface area contributed by atoms with Crippen molar-refractivity contribution < 1.29 is 0 Å². The minimum Gasteiger partial charge on any atom is -0.373 e. The zero-order valence-electron chi connectivity index (χ0n) is 11.4. The number of anilines is 1. The van der Waals surface area contributed by atoms with Crippen molar-refractivity contribution in [1.29, 1.82) is 0 Å². The zero-order valence-corrected chi connectivity index (χ0v) is 11.4. The molecular weight excluding hydrogens is 222 g/mol. The monoisotopic (exact) mass is 243 g/mol. The highest BCUT2D eigenvalue weighted by Gasteiger charge is 2.12. The predicted octanol–water partition coefficient (Wildman–Crippen LogP) is 2.79. The van der Waals surface area contributed by atoms with Gasteiger partial charge in [0.25, 0.3) is 0 Å². The van der Waals surface area contributed by atoms with E-state index in [0.717, 1.165) is 17.6 Å². The van der Waals surface area contributed by atoms with E-state index >= 15 is 0 Å². The molecule has 0 spiro atoms. The van der Waals surface area contributed by atoms with E-state index in [4.69, 9.17) is 5.73 Å². The first kappa shape index (κ1) is 12.8. The summed E-state index contributed by atoms with van der Waals surface area (Å²) < 4.78 is 0. The summed E-state index contributed by atoms with van der Waals surface area (Å²) in [5.74, 6) is 0.618. The normalized spacial score (nSPS) is 11.2. The van der Waals surface area contributed by atoms with Crippen LogP contribution in [0.2, 0.25) is 0 Å². The highest BCUT2D eigenvalue weighted by Crippen LogP contribution is 2.28. The second-order valence-electron chi connectivity index (χ2n) is 5.13. The van der Waals surface area contributed by atoms with Gasteiger partial charge < -0.3 is 10.6 Å². The Morgan fingerprint density at radius 3 is 2.67 bits per heavy atom. The number of nitrogens with zero attached hydrogens (tertiary/aromatic N) is 2. The van der Waals surface area contributed by atoms with Crippen LogP contribution in [0, 0.1) is 5.92 Å². The number of aromatic nitrogens is 1. The number of hydrogen-bond acceptors (Lipinski definition) is 3. The molecule has 2 aromatic rings. The lowest BCUT2D eigenvalue weighted by molar-refractivity contribution is 0.638. The quantitative estimate of drug-likeness (QED) is 0.898. The predicted molar refractivity (Wildman–Crippen MR) is 77.7 cm³/mol. The van der Waals surface area contributed by atoms with Crippen LogP contribution >= 0.6 is 0 Å². The average molecular weight is 243 g/mol. The van der Waals surface area contributed by atoms with Gasteiger partial charge in [0.2, 0.25) is 0 Å². The van der Waals surface area contributed by atoms with E-state index in [2.05, 4.69) is 42.9 Å². The summed E-state index contributed by atoms with van der Waals surface area (Å²) in [7, 11) is 2.13. The van der Waals surface area contributed by atoms with Gasteiger partial charge in [-0.15, -0.1) is 0 Å². The minimum absolute atomic E-state index is 0.523. The summed E-state index contributed by atoms with van der Waals surface area (Å²) >= 11 is 0. The first-order valence-electron chi connectivity index (χ1n) is 6.41. The Hall–Kier alpha value is -1.61.